The van der Waals surface area contributed by atoms with Crippen LogP contribution in [0.5, 0.6) is 0 Å². The third kappa shape index (κ3) is 4.89. The Morgan fingerprint density at radius 2 is 1.88 bits per heavy atom. The lowest BCUT2D eigenvalue weighted by molar-refractivity contribution is 0.0900. The predicted molar refractivity (Wildman–Crippen MR) is 131 cm³/mol. The van der Waals surface area contributed by atoms with Gasteiger partial charge >= 0.3 is 0 Å². The monoisotopic (exact) mass is 457 g/mol. The molecule has 0 saturated carbocycles. The Morgan fingerprint density at radius 1 is 1.03 bits per heavy atom. The van der Waals surface area contributed by atoms with E-state index in [1.165, 1.54) is 22.6 Å². The Labute approximate surface area is 199 Å². The van der Waals surface area contributed by atoms with Gasteiger partial charge < -0.3 is 14.3 Å². The highest BCUT2D eigenvalue weighted by atomic mass is 16.3. The number of nitrogens with one attached hydrogen (secondary N) is 1. The molecule has 0 spiro atoms. The van der Waals surface area contributed by atoms with Crippen molar-refractivity contribution in [2.24, 2.45) is 5.92 Å². The molecule has 0 saturated heterocycles. The first kappa shape index (κ1) is 22.3. The van der Waals surface area contributed by atoms with E-state index in [0.717, 1.165) is 50.7 Å². The zero-order chi connectivity index (χ0) is 23.5. The summed E-state index contributed by atoms with van der Waals surface area (Å²) in [5.41, 5.74) is 1.32. The highest BCUT2D eigenvalue weighted by Crippen LogP contribution is 2.24. The normalized spacial score (nSPS) is 15.3. The summed E-state index contributed by atoms with van der Waals surface area (Å²) >= 11 is 0. The van der Waals surface area contributed by atoms with Gasteiger partial charge in [0.2, 0.25) is 0 Å². The SMILES string of the molecule is CC(C)CC(NC(=O)c1ccco1)c1nnc2n1CCN(Cc1ccc3ccccc3c1)CC2. The number of aromatic nitrogens is 3. The van der Waals surface area contributed by atoms with E-state index in [-0.39, 0.29) is 11.9 Å². The van der Waals surface area contributed by atoms with Crippen molar-refractivity contribution in [2.45, 2.75) is 45.8 Å². The molecule has 7 nitrogen and oxygen atoms in total. The molecule has 1 atom stereocenters. The Balaban J connectivity index is 1.31. The zero-order valence-corrected chi connectivity index (χ0v) is 19.8. The molecule has 0 radical (unpaired) electrons. The Bertz CT molecular complexity index is 1260. The maximum absolute atomic E-state index is 12.7. The molecule has 0 bridgehead atoms. The van der Waals surface area contributed by atoms with Crippen LogP contribution in [0.1, 0.15) is 54.1 Å². The number of fused-ring (bicyclic) bond motifs is 2. The number of furan rings is 1. The van der Waals surface area contributed by atoms with Crippen LogP contribution in [0.15, 0.2) is 65.3 Å². The van der Waals surface area contributed by atoms with Crippen molar-refractivity contribution in [3.8, 4) is 0 Å². The number of hydrogen-bond acceptors (Lipinski definition) is 5. The molecule has 1 aliphatic heterocycles. The van der Waals surface area contributed by atoms with Gasteiger partial charge in [-0.3, -0.25) is 9.69 Å². The van der Waals surface area contributed by atoms with E-state index in [4.69, 9.17) is 4.42 Å². The fourth-order valence-electron chi connectivity index (χ4n) is 4.74. The topological polar surface area (TPSA) is 76.2 Å². The number of benzene rings is 2. The van der Waals surface area contributed by atoms with Crippen molar-refractivity contribution in [1.29, 1.82) is 0 Å². The van der Waals surface area contributed by atoms with Crippen LogP contribution in [0.2, 0.25) is 0 Å². The van der Waals surface area contributed by atoms with E-state index in [0.29, 0.717) is 11.7 Å². The minimum atomic E-state index is -0.223. The molecular formula is C27H31N5O2. The third-order valence-corrected chi connectivity index (χ3v) is 6.44. The van der Waals surface area contributed by atoms with E-state index in [2.05, 4.69) is 81.3 Å². The molecule has 1 amide bonds. The lowest BCUT2D eigenvalue weighted by Gasteiger charge is -2.22. The quantitative estimate of drug-likeness (QED) is 0.439. The van der Waals surface area contributed by atoms with E-state index in [9.17, 15) is 4.79 Å². The van der Waals surface area contributed by atoms with Crippen LogP contribution in [0.3, 0.4) is 0 Å². The minimum absolute atomic E-state index is 0.217. The van der Waals surface area contributed by atoms with Gasteiger partial charge in [-0.15, -0.1) is 10.2 Å². The van der Waals surface area contributed by atoms with Gasteiger partial charge in [-0.2, -0.15) is 0 Å². The minimum Gasteiger partial charge on any atom is -0.459 e. The van der Waals surface area contributed by atoms with Crippen molar-refractivity contribution in [3.63, 3.8) is 0 Å². The second-order valence-electron chi connectivity index (χ2n) is 9.47. The van der Waals surface area contributed by atoms with Gasteiger partial charge in [-0.05, 0) is 46.9 Å². The van der Waals surface area contributed by atoms with E-state index >= 15 is 0 Å². The van der Waals surface area contributed by atoms with Gasteiger partial charge in [0, 0.05) is 32.6 Å². The number of amides is 1. The molecule has 1 aliphatic rings. The molecule has 0 aliphatic carbocycles. The Morgan fingerprint density at radius 3 is 2.68 bits per heavy atom. The van der Waals surface area contributed by atoms with Crippen molar-refractivity contribution in [1.82, 2.24) is 25.0 Å². The number of hydrogen-bond donors (Lipinski definition) is 1. The van der Waals surface area contributed by atoms with Gasteiger partial charge in [-0.25, -0.2) is 0 Å². The van der Waals surface area contributed by atoms with E-state index < -0.39 is 0 Å². The second kappa shape index (κ2) is 9.81. The summed E-state index contributed by atoms with van der Waals surface area (Å²) in [4.78, 5) is 15.2. The molecule has 1 unspecified atom stereocenters. The predicted octanol–water partition coefficient (Wildman–Crippen LogP) is 4.60. The maximum Gasteiger partial charge on any atom is 0.287 e. The van der Waals surface area contributed by atoms with Crippen LogP contribution in [0.4, 0.5) is 0 Å². The van der Waals surface area contributed by atoms with Gasteiger partial charge in [0.15, 0.2) is 11.6 Å². The number of carbonyl (C=O) groups excluding carboxylic acids is 1. The van der Waals surface area contributed by atoms with Crippen molar-refractivity contribution in [2.75, 3.05) is 13.1 Å². The van der Waals surface area contributed by atoms with Crippen LogP contribution in [0.25, 0.3) is 10.8 Å². The molecule has 0 fully saturated rings. The highest BCUT2D eigenvalue weighted by molar-refractivity contribution is 5.91. The molecule has 2 aromatic carbocycles. The van der Waals surface area contributed by atoms with Crippen LogP contribution in [-0.2, 0) is 19.5 Å². The molecule has 2 aromatic heterocycles. The van der Waals surface area contributed by atoms with Crippen molar-refractivity contribution >= 4 is 16.7 Å². The zero-order valence-electron chi connectivity index (χ0n) is 19.8. The van der Waals surface area contributed by atoms with Crippen molar-refractivity contribution in [3.05, 3.63) is 83.8 Å². The van der Waals surface area contributed by atoms with Crippen molar-refractivity contribution < 1.29 is 9.21 Å². The summed E-state index contributed by atoms with van der Waals surface area (Å²) in [5, 5.41) is 14.7. The molecule has 7 heteroatoms. The van der Waals surface area contributed by atoms with Gasteiger partial charge in [0.25, 0.3) is 5.91 Å². The summed E-state index contributed by atoms with van der Waals surface area (Å²) in [6.07, 6.45) is 3.13. The summed E-state index contributed by atoms with van der Waals surface area (Å²) in [6.45, 7) is 7.84. The van der Waals surface area contributed by atoms with Crippen LogP contribution >= 0.6 is 0 Å². The van der Waals surface area contributed by atoms with Crippen LogP contribution < -0.4 is 5.32 Å². The average molecular weight is 458 g/mol. The van der Waals surface area contributed by atoms with Gasteiger partial charge in [0.1, 0.15) is 5.82 Å². The van der Waals surface area contributed by atoms with E-state index in [1.54, 1.807) is 12.1 Å². The fourth-order valence-corrected chi connectivity index (χ4v) is 4.74. The number of carbonyl (C=O) groups is 1. The average Bonchev–Trinajstić information content (AvgIpc) is 3.47. The van der Waals surface area contributed by atoms with Crippen LogP contribution in [-0.4, -0.2) is 38.7 Å². The van der Waals surface area contributed by atoms with E-state index in [1.807, 2.05) is 0 Å². The molecule has 176 valence electrons. The maximum atomic E-state index is 12.7. The molecule has 3 heterocycles. The van der Waals surface area contributed by atoms with Gasteiger partial charge in [-0.1, -0.05) is 50.2 Å². The van der Waals surface area contributed by atoms with Crippen LogP contribution in [0, 0.1) is 5.92 Å². The smallest absolute Gasteiger partial charge is 0.287 e. The Kier molecular flexibility index (Phi) is 6.45. The molecule has 1 N–H and O–H groups in total. The number of rotatable bonds is 7. The summed E-state index contributed by atoms with van der Waals surface area (Å²) in [6, 6.07) is 18.4. The molecular weight excluding hydrogens is 426 g/mol. The second-order valence-corrected chi connectivity index (χ2v) is 9.47. The summed E-state index contributed by atoms with van der Waals surface area (Å²) in [7, 11) is 0. The first-order chi connectivity index (χ1) is 16.6. The first-order valence-electron chi connectivity index (χ1n) is 12.0. The lowest BCUT2D eigenvalue weighted by atomic mass is 10.0. The van der Waals surface area contributed by atoms with Gasteiger partial charge in [0.05, 0.1) is 12.3 Å². The standard InChI is InChI=1S/C27H31N5O2/c1-19(2)16-23(28-27(33)24-8-5-15-34-24)26-30-29-25-11-12-31(13-14-32(25)26)18-20-9-10-21-6-3-4-7-22(21)17-20/h3-10,15,17,19,23H,11-14,16,18H2,1-2H3,(H,28,33). The first-order valence-corrected chi connectivity index (χ1v) is 12.0. The summed E-state index contributed by atoms with van der Waals surface area (Å²) in [5.74, 6) is 2.30. The molecule has 5 rings (SSSR count). The number of nitrogens with zero attached hydrogens (tertiary/aromatic N) is 4. The summed E-state index contributed by atoms with van der Waals surface area (Å²) < 4.78 is 7.49. The lowest BCUT2D eigenvalue weighted by Crippen LogP contribution is -2.32. The fraction of sp³-hybridized carbons (Fsp3) is 0.370. The third-order valence-electron chi connectivity index (χ3n) is 6.44. The Hall–Kier alpha value is -3.45. The highest BCUT2D eigenvalue weighted by Gasteiger charge is 2.27. The molecule has 4 aromatic rings. The largest absolute Gasteiger partial charge is 0.459 e. The molecule has 34 heavy (non-hydrogen) atoms.